The van der Waals surface area contributed by atoms with Gasteiger partial charge in [0.2, 0.25) is 10.0 Å². The first-order valence-corrected chi connectivity index (χ1v) is 10.1. The lowest BCUT2D eigenvalue weighted by atomic mass is 9.90. The molecule has 24 heavy (non-hydrogen) atoms. The molecule has 1 aromatic heterocycles. The molecule has 128 valence electrons. The van der Waals surface area contributed by atoms with E-state index in [2.05, 4.69) is 44.9 Å². The van der Waals surface area contributed by atoms with Crippen molar-refractivity contribution >= 4 is 21.5 Å². The van der Waals surface area contributed by atoms with E-state index in [9.17, 15) is 8.42 Å². The summed E-state index contributed by atoms with van der Waals surface area (Å²) in [5.74, 6) is 1.09. The molecule has 0 radical (unpaired) electrons. The van der Waals surface area contributed by atoms with Gasteiger partial charge in [0, 0.05) is 13.1 Å². The number of nitrogens with zero attached hydrogens (tertiary/aromatic N) is 2. The molecule has 1 saturated heterocycles. The van der Waals surface area contributed by atoms with Crippen LogP contribution in [0.15, 0.2) is 48.7 Å². The first kappa shape index (κ1) is 16.8. The largest absolute Gasteiger partial charge is 0.370 e. The van der Waals surface area contributed by atoms with Crippen LogP contribution in [0, 0.1) is 5.92 Å². The molecule has 1 aliphatic rings. The van der Waals surface area contributed by atoms with E-state index in [4.69, 9.17) is 0 Å². The van der Waals surface area contributed by atoms with Gasteiger partial charge in [-0.25, -0.2) is 13.4 Å². The molecule has 0 bridgehead atoms. The molecular weight excluding hydrogens is 322 g/mol. The predicted molar refractivity (Wildman–Crippen MR) is 97.8 cm³/mol. The molecule has 0 saturated carbocycles. The van der Waals surface area contributed by atoms with Crippen LogP contribution in [0.2, 0.25) is 0 Å². The summed E-state index contributed by atoms with van der Waals surface area (Å²) in [5, 5.41) is 0. The molecular formula is C18H23N3O2S. The highest BCUT2D eigenvalue weighted by atomic mass is 32.2. The number of sulfonamides is 1. The number of nitrogens with one attached hydrogen (secondary N) is 1. The second-order valence-electron chi connectivity index (χ2n) is 6.40. The fourth-order valence-corrected chi connectivity index (χ4v) is 3.67. The number of aromatic nitrogens is 1. The summed E-state index contributed by atoms with van der Waals surface area (Å²) in [7, 11) is -3.28. The Morgan fingerprint density at radius 3 is 2.42 bits per heavy atom. The third kappa shape index (κ3) is 4.71. The highest BCUT2D eigenvalue weighted by Gasteiger charge is 2.20. The van der Waals surface area contributed by atoms with E-state index < -0.39 is 10.0 Å². The Balaban J connectivity index is 1.54. The second kappa shape index (κ2) is 7.21. The summed E-state index contributed by atoms with van der Waals surface area (Å²) in [6.07, 6.45) is 6.34. The average Bonchev–Trinajstić information content (AvgIpc) is 2.56. The van der Waals surface area contributed by atoms with Crippen molar-refractivity contribution in [2.75, 3.05) is 29.0 Å². The molecule has 5 nitrogen and oxygen atoms in total. The molecule has 0 unspecified atom stereocenters. The van der Waals surface area contributed by atoms with Crippen LogP contribution in [0.25, 0.3) is 0 Å². The van der Waals surface area contributed by atoms with Crippen molar-refractivity contribution in [1.82, 2.24) is 4.98 Å². The number of anilines is 2. The molecule has 3 rings (SSSR count). The van der Waals surface area contributed by atoms with Gasteiger partial charge in [0.05, 0.1) is 18.1 Å². The van der Waals surface area contributed by atoms with Crippen molar-refractivity contribution in [3.8, 4) is 0 Å². The van der Waals surface area contributed by atoms with Crippen molar-refractivity contribution in [2.45, 2.75) is 19.3 Å². The van der Waals surface area contributed by atoms with E-state index in [1.807, 2.05) is 6.07 Å². The Bertz CT molecular complexity index is 753. The van der Waals surface area contributed by atoms with Crippen LogP contribution in [0.4, 0.5) is 11.5 Å². The van der Waals surface area contributed by atoms with Gasteiger partial charge in [0.1, 0.15) is 5.82 Å². The molecule has 0 aliphatic carbocycles. The van der Waals surface area contributed by atoms with Crippen molar-refractivity contribution in [3.63, 3.8) is 0 Å². The van der Waals surface area contributed by atoms with E-state index in [0.717, 1.165) is 50.2 Å². The molecule has 0 atom stereocenters. The zero-order valence-corrected chi connectivity index (χ0v) is 14.7. The zero-order chi connectivity index (χ0) is 17.0. The molecule has 2 aromatic rings. The smallest absolute Gasteiger partial charge is 0.230 e. The van der Waals surface area contributed by atoms with Crippen LogP contribution in [0.1, 0.15) is 18.4 Å². The van der Waals surface area contributed by atoms with Gasteiger partial charge in [0.15, 0.2) is 0 Å². The molecule has 2 heterocycles. The van der Waals surface area contributed by atoms with E-state index >= 15 is 0 Å². The normalized spacial score (nSPS) is 16.1. The van der Waals surface area contributed by atoms with Gasteiger partial charge in [0.25, 0.3) is 0 Å². The third-order valence-electron chi connectivity index (χ3n) is 4.38. The number of benzene rings is 1. The Morgan fingerprint density at radius 2 is 1.83 bits per heavy atom. The fraction of sp³-hybridized carbons (Fsp3) is 0.389. The molecule has 0 amide bonds. The Labute approximate surface area is 143 Å². The van der Waals surface area contributed by atoms with Crippen molar-refractivity contribution in [1.29, 1.82) is 0 Å². The van der Waals surface area contributed by atoms with Crippen LogP contribution in [-0.4, -0.2) is 32.7 Å². The summed E-state index contributed by atoms with van der Waals surface area (Å²) in [5.41, 5.74) is 2.46. The van der Waals surface area contributed by atoms with Crippen LogP contribution in [-0.2, 0) is 16.4 Å². The maximum absolute atomic E-state index is 11.2. The summed E-state index contributed by atoms with van der Waals surface area (Å²) in [6.45, 7) is 2.02. The maximum atomic E-state index is 11.2. The number of pyridine rings is 1. The van der Waals surface area contributed by atoms with Crippen molar-refractivity contribution in [2.24, 2.45) is 5.92 Å². The topological polar surface area (TPSA) is 62.3 Å². The minimum atomic E-state index is -3.28. The van der Waals surface area contributed by atoms with Crippen LogP contribution < -0.4 is 9.62 Å². The fourth-order valence-electron chi connectivity index (χ4n) is 3.17. The predicted octanol–water partition coefficient (Wildman–Crippen LogP) is 2.91. The number of hydrogen-bond donors (Lipinski definition) is 1. The first-order chi connectivity index (χ1) is 11.5. The van der Waals surface area contributed by atoms with Crippen molar-refractivity contribution < 1.29 is 8.42 Å². The van der Waals surface area contributed by atoms with E-state index in [1.165, 1.54) is 5.56 Å². The summed E-state index contributed by atoms with van der Waals surface area (Å²) in [6, 6.07) is 14.3. The Morgan fingerprint density at radius 1 is 1.12 bits per heavy atom. The Kier molecular flexibility index (Phi) is 5.04. The minimum absolute atomic E-state index is 0.361. The van der Waals surface area contributed by atoms with Crippen LogP contribution >= 0.6 is 0 Å². The monoisotopic (exact) mass is 345 g/mol. The van der Waals surface area contributed by atoms with Gasteiger partial charge in [-0.3, -0.25) is 4.72 Å². The van der Waals surface area contributed by atoms with Gasteiger partial charge in [-0.15, -0.1) is 0 Å². The first-order valence-electron chi connectivity index (χ1n) is 8.22. The molecule has 1 N–H and O–H groups in total. The summed E-state index contributed by atoms with van der Waals surface area (Å²) in [4.78, 5) is 6.51. The number of rotatable bonds is 5. The molecule has 0 spiro atoms. The Hall–Kier alpha value is -2.08. The lowest BCUT2D eigenvalue weighted by Gasteiger charge is -2.33. The molecule has 1 fully saturated rings. The van der Waals surface area contributed by atoms with Gasteiger partial charge in [-0.1, -0.05) is 30.3 Å². The van der Waals surface area contributed by atoms with Crippen LogP contribution in [0.3, 0.4) is 0 Å². The maximum Gasteiger partial charge on any atom is 0.230 e. The molecule has 1 aliphatic heterocycles. The van der Waals surface area contributed by atoms with Gasteiger partial charge < -0.3 is 4.90 Å². The molecule has 6 heteroatoms. The van der Waals surface area contributed by atoms with E-state index in [-0.39, 0.29) is 0 Å². The van der Waals surface area contributed by atoms with Crippen molar-refractivity contribution in [3.05, 3.63) is 54.2 Å². The quantitative estimate of drug-likeness (QED) is 0.905. The van der Waals surface area contributed by atoms with E-state index in [0.29, 0.717) is 5.82 Å². The van der Waals surface area contributed by atoms with E-state index in [1.54, 1.807) is 12.3 Å². The second-order valence-corrected chi connectivity index (χ2v) is 8.14. The zero-order valence-electron chi connectivity index (χ0n) is 13.9. The minimum Gasteiger partial charge on any atom is -0.370 e. The lowest BCUT2D eigenvalue weighted by molar-refractivity contribution is 0.403. The standard InChI is InChI=1S/C18H23N3O2S/c1-24(22,23)20-18-8-7-17(14-19-18)21-11-9-16(10-12-21)13-15-5-3-2-4-6-15/h2-8,14,16H,9-13H2,1H3,(H,19,20). The third-order valence-corrected chi connectivity index (χ3v) is 4.96. The lowest BCUT2D eigenvalue weighted by Crippen LogP contribution is -2.34. The number of hydrogen-bond acceptors (Lipinski definition) is 4. The summed E-state index contributed by atoms with van der Waals surface area (Å²) >= 11 is 0. The average molecular weight is 345 g/mol. The SMILES string of the molecule is CS(=O)(=O)Nc1ccc(N2CCC(Cc3ccccc3)CC2)cn1. The highest BCUT2D eigenvalue weighted by Crippen LogP contribution is 2.25. The number of piperidine rings is 1. The van der Waals surface area contributed by atoms with Crippen LogP contribution in [0.5, 0.6) is 0 Å². The summed E-state index contributed by atoms with van der Waals surface area (Å²) < 4.78 is 24.8. The highest BCUT2D eigenvalue weighted by molar-refractivity contribution is 7.92. The molecule has 1 aromatic carbocycles. The van der Waals surface area contributed by atoms with Gasteiger partial charge >= 0.3 is 0 Å². The van der Waals surface area contributed by atoms with Gasteiger partial charge in [-0.05, 0) is 42.9 Å². The van der Waals surface area contributed by atoms with Gasteiger partial charge in [-0.2, -0.15) is 0 Å².